The minimum Gasteiger partial charge on any atom is -0.481 e. The highest BCUT2D eigenvalue weighted by Crippen LogP contribution is 2.19. The first-order valence-electron chi connectivity index (χ1n) is 9.55. The summed E-state index contributed by atoms with van der Waals surface area (Å²) in [5, 5.41) is 0. The quantitative estimate of drug-likeness (QED) is 0.812. The molecule has 1 aromatic carbocycles. The number of anilines is 1. The lowest BCUT2D eigenvalue weighted by Crippen LogP contribution is -2.52. The van der Waals surface area contributed by atoms with Crippen LogP contribution in [0.2, 0.25) is 0 Å². The van der Waals surface area contributed by atoms with E-state index in [1.165, 1.54) is 0 Å². The summed E-state index contributed by atoms with van der Waals surface area (Å²) in [6.45, 7) is 10.9. The van der Waals surface area contributed by atoms with E-state index in [0.29, 0.717) is 19.0 Å². The van der Waals surface area contributed by atoms with E-state index in [4.69, 9.17) is 9.72 Å². The van der Waals surface area contributed by atoms with Crippen molar-refractivity contribution >= 4 is 11.7 Å². The summed E-state index contributed by atoms with van der Waals surface area (Å²) in [6.07, 6.45) is -0.493. The van der Waals surface area contributed by atoms with Gasteiger partial charge in [0.1, 0.15) is 17.4 Å². The van der Waals surface area contributed by atoms with Crippen LogP contribution in [0.1, 0.15) is 38.2 Å². The van der Waals surface area contributed by atoms with Crippen molar-refractivity contribution in [3.8, 4) is 5.75 Å². The van der Waals surface area contributed by atoms with Crippen molar-refractivity contribution in [2.75, 3.05) is 31.1 Å². The molecule has 1 aliphatic heterocycles. The van der Waals surface area contributed by atoms with E-state index >= 15 is 0 Å². The molecule has 1 unspecified atom stereocenters. The Morgan fingerprint density at radius 2 is 1.70 bits per heavy atom. The van der Waals surface area contributed by atoms with Crippen molar-refractivity contribution in [1.82, 2.24) is 14.9 Å². The molecule has 0 aliphatic carbocycles. The van der Waals surface area contributed by atoms with Gasteiger partial charge in [-0.05, 0) is 26.0 Å². The maximum atomic E-state index is 12.7. The number of aryl methyl sites for hydroxylation is 1. The van der Waals surface area contributed by atoms with Crippen LogP contribution in [-0.4, -0.2) is 53.1 Å². The maximum absolute atomic E-state index is 12.7. The molecule has 0 spiro atoms. The number of aromatic nitrogens is 2. The molecule has 1 fully saturated rings. The molecule has 1 saturated heterocycles. The highest BCUT2D eigenvalue weighted by atomic mass is 16.5. The number of hydrogen-bond donors (Lipinski definition) is 0. The van der Waals surface area contributed by atoms with Gasteiger partial charge in [-0.1, -0.05) is 32.0 Å². The summed E-state index contributed by atoms with van der Waals surface area (Å²) in [7, 11) is 0. The van der Waals surface area contributed by atoms with Gasteiger partial charge in [0.15, 0.2) is 6.10 Å². The SMILES string of the molecule is Cc1cc(N2CCN(C(=O)C(C)Oc3ccccc3)CC2)nc(C(C)C)n1. The molecule has 0 saturated carbocycles. The van der Waals surface area contributed by atoms with Crippen LogP contribution < -0.4 is 9.64 Å². The van der Waals surface area contributed by atoms with E-state index in [0.717, 1.165) is 36.2 Å². The monoisotopic (exact) mass is 368 g/mol. The van der Waals surface area contributed by atoms with Crippen molar-refractivity contribution < 1.29 is 9.53 Å². The summed E-state index contributed by atoms with van der Waals surface area (Å²) >= 11 is 0. The number of carbonyl (C=O) groups excluding carboxylic acids is 1. The molecule has 1 amide bonds. The van der Waals surface area contributed by atoms with Gasteiger partial charge >= 0.3 is 0 Å². The zero-order valence-corrected chi connectivity index (χ0v) is 16.6. The molecule has 6 nitrogen and oxygen atoms in total. The van der Waals surface area contributed by atoms with Gasteiger partial charge in [-0.25, -0.2) is 9.97 Å². The Morgan fingerprint density at radius 3 is 2.33 bits per heavy atom. The second-order valence-electron chi connectivity index (χ2n) is 7.27. The topological polar surface area (TPSA) is 58.6 Å². The first kappa shape index (κ1) is 19.1. The van der Waals surface area contributed by atoms with Gasteiger partial charge in [0.25, 0.3) is 5.91 Å². The van der Waals surface area contributed by atoms with Crippen LogP contribution in [0.4, 0.5) is 5.82 Å². The molecule has 1 atom stereocenters. The van der Waals surface area contributed by atoms with E-state index in [1.54, 1.807) is 0 Å². The lowest BCUT2D eigenvalue weighted by Gasteiger charge is -2.36. The molecule has 0 N–H and O–H groups in total. The lowest BCUT2D eigenvalue weighted by atomic mass is 10.2. The first-order chi connectivity index (χ1) is 12.9. The Labute approximate surface area is 161 Å². The molecule has 3 rings (SSSR count). The van der Waals surface area contributed by atoms with Gasteiger partial charge in [0.2, 0.25) is 0 Å². The predicted octanol–water partition coefficient (Wildman–Crippen LogP) is 3.02. The van der Waals surface area contributed by atoms with Crippen molar-refractivity contribution in [1.29, 1.82) is 0 Å². The van der Waals surface area contributed by atoms with E-state index in [-0.39, 0.29) is 5.91 Å². The Morgan fingerprint density at radius 1 is 1.04 bits per heavy atom. The van der Waals surface area contributed by atoms with Crippen LogP contribution in [0.15, 0.2) is 36.4 Å². The third kappa shape index (κ3) is 4.76. The van der Waals surface area contributed by atoms with Gasteiger partial charge in [-0.2, -0.15) is 0 Å². The maximum Gasteiger partial charge on any atom is 0.263 e. The Kier molecular flexibility index (Phi) is 5.94. The Balaban J connectivity index is 1.59. The summed E-state index contributed by atoms with van der Waals surface area (Å²) in [5.41, 5.74) is 0.979. The standard InChI is InChI=1S/C21H28N4O2/c1-15(2)20-22-16(3)14-19(23-20)24-10-12-25(13-11-24)21(26)17(4)27-18-8-6-5-7-9-18/h5-9,14-15,17H,10-13H2,1-4H3. The van der Waals surface area contributed by atoms with E-state index in [1.807, 2.05) is 55.1 Å². The van der Waals surface area contributed by atoms with E-state index in [9.17, 15) is 4.79 Å². The van der Waals surface area contributed by atoms with Crippen molar-refractivity contribution in [3.05, 3.63) is 47.9 Å². The number of carbonyl (C=O) groups is 1. The molecule has 0 bridgehead atoms. The fraction of sp³-hybridized carbons (Fsp3) is 0.476. The summed E-state index contributed by atoms with van der Waals surface area (Å²) in [5.74, 6) is 2.86. The highest BCUT2D eigenvalue weighted by molar-refractivity contribution is 5.81. The smallest absolute Gasteiger partial charge is 0.263 e. The minimum absolute atomic E-state index is 0.0280. The summed E-state index contributed by atoms with van der Waals surface area (Å²) in [6, 6.07) is 11.5. The van der Waals surface area contributed by atoms with Gasteiger partial charge in [0.05, 0.1) is 0 Å². The number of ether oxygens (including phenoxy) is 1. The Hall–Kier alpha value is -2.63. The molecule has 1 aromatic heterocycles. The largest absolute Gasteiger partial charge is 0.481 e. The molecular weight excluding hydrogens is 340 g/mol. The van der Waals surface area contributed by atoms with Gasteiger partial charge in [-0.15, -0.1) is 0 Å². The van der Waals surface area contributed by atoms with Gasteiger partial charge in [-0.3, -0.25) is 4.79 Å². The van der Waals surface area contributed by atoms with Crippen LogP contribution in [0.5, 0.6) is 5.75 Å². The molecule has 2 heterocycles. The molecule has 1 aliphatic rings. The lowest BCUT2D eigenvalue weighted by molar-refractivity contribution is -0.138. The Bertz CT molecular complexity index is 771. The number of hydrogen-bond acceptors (Lipinski definition) is 5. The highest BCUT2D eigenvalue weighted by Gasteiger charge is 2.27. The van der Waals surface area contributed by atoms with Gasteiger partial charge in [0, 0.05) is 43.9 Å². The molecular formula is C21H28N4O2. The number of piperazine rings is 1. The summed E-state index contributed by atoms with van der Waals surface area (Å²) in [4.78, 5) is 26.0. The van der Waals surface area contributed by atoms with E-state index < -0.39 is 6.10 Å². The molecule has 2 aromatic rings. The minimum atomic E-state index is -0.493. The van der Waals surface area contributed by atoms with Crippen LogP contribution >= 0.6 is 0 Å². The molecule has 6 heteroatoms. The second kappa shape index (κ2) is 8.37. The zero-order valence-electron chi connectivity index (χ0n) is 16.6. The average Bonchev–Trinajstić information content (AvgIpc) is 2.67. The molecule has 0 radical (unpaired) electrons. The second-order valence-corrected chi connectivity index (χ2v) is 7.27. The van der Waals surface area contributed by atoms with Crippen LogP contribution in [0.25, 0.3) is 0 Å². The molecule has 144 valence electrons. The number of amides is 1. The number of rotatable bonds is 5. The zero-order chi connectivity index (χ0) is 19.4. The van der Waals surface area contributed by atoms with Crippen LogP contribution in [0.3, 0.4) is 0 Å². The predicted molar refractivity (Wildman–Crippen MR) is 106 cm³/mol. The van der Waals surface area contributed by atoms with Crippen molar-refractivity contribution in [3.63, 3.8) is 0 Å². The van der Waals surface area contributed by atoms with Crippen LogP contribution in [0, 0.1) is 6.92 Å². The average molecular weight is 368 g/mol. The van der Waals surface area contributed by atoms with Crippen LogP contribution in [-0.2, 0) is 4.79 Å². The fourth-order valence-electron chi connectivity index (χ4n) is 3.16. The number of nitrogens with zero attached hydrogens (tertiary/aromatic N) is 4. The molecule has 27 heavy (non-hydrogen) atoms. The number of para-hydroxylation sites is 1. The number of benzene rings is 1. The van der Waals surface area contributed by atoms with Crippen molar-refractivity contribution in [2.45, 2.75) is 39.7 Å². The third-order valence-electron chi connectivity index (χ3n) is 4.69. The van der Waals surface area contributed by atoms with Gasteiger partial charge < -0.3 is 14.5 Å². The third-order valence-corrected chi connectivity index (χ3v) is 4.69. The fourth-order valence-corrected chi connectivity index (χ4v) is 3.16. The summed E-state index contributed by atoms with van der Waals surface area (Å²) < 4.78 is 5.77. The van der Waals surface area contributed by atoms with E-state index in [2.05, 4.69) is 23.7 Å². The van der Waals surface area contributed by atoms with Crippen molar-refractivity contribution in [2.24, 2.45) is 0 Å². The first-order valence-corrected chi connectivity index (χ1v) is 9.55. The normalized spacial score (nSPS) is 15.7.